The maximum atomic E-state index is 12.2. The molecule has 21 heavy (non-hydrogen) atoms. The van der Waals surface area contributed by atoms with Crippen molar-refractivity contribution in [3.8, 4) is 11.5 Å². The Morgan fingerprint density at radius 1 is 0.905 bits per heavy atom. The minimum atomic E-state index is -1.06. The smallest absolute Gasteiger partial charge is 0.332 e. The first-order valence-corrected chi connectivity index (χ1v) is 6.23. The van der Waals surface area contributed by atoms with E-state index >= 15 is 0 Å². The van der Waals surface area contributed by atoms with Crippen LogP contribution in [0.1, 0.15) is 11.5 Å². The molecule has 0 radical (unpaired) electrons. The van der Waals surface area contributed by atoms with Crippen LogP contribution < -0.4 is 9.47 Å². The van der Waals surface area contributed by atoms with Gasteiger partial charge in [0.05, 0.1) is 14.2 Å². The molecule has 2 rings (SSSR count). The lowest BCUT2D eigenvalue weighted by atomic mass is 9.94. The summed E-state index contributed by atoms with van der Waals surface area (Å²) in [5, 5.41) is 0. The molecule has 7 heteroatoms. The normalized spacial score (nSPS) is 16.5. The Hall–Kier alpha value is -2.57. The fraction of sp³-hybridized carbons (Fsp3) is 0.357. The Morgan fingerprint density at radius 2 is 1.43 bits per heavy atom. The molecule has 1 heterocycles. The number of imide groups is 2. The SMILES string of the molecule is COc1ccc(C2C(=O)N(C)C(=O)N(C)C2=O)cc1OC. The van der Waals surface area contributed by atoms with Gasteiger partial charge in [-0.25, -0.2) is 4.79 Å². The number of methoxy groups -OCH3 is 2. The number of hydrogen-bond acceptors (Lipinski definition) is 5. The van der Waals surface area contributed by atoms with E-state index in [1.54, 1.807) is 18.2 Å². The summed E-state index contributed by atoms with van der Waals surface area (Å²) in [4.78, 5) is 38.0. The predicted octanol–water partition coefficient (Wildman–Crippen LogP) is 0.838. The van der Waals surface area contributed by atoms with Crippen molar-refractivity contribution in [3.63, 3.8) is 0 Å². The van der Waals surface area contributed by atoms with Crippen molar-refractivity contribution in [2.24, 2.45) is 0 Å². The fourth-order valence-corrected chi connectivity index (χ4v) is 2.22. The molecule has 112 valence electrons. The third kappa shape index (κ3) is 2.31. The number of barbiturate groups is 1. The molecule has 1 aliphatic rings. The largest absolute Gasteiger partial charge is 0.493 e. The highest BCUT2D eigenvalue weighted by Crippen LogP contribution is 2.33. The highest BCUT2D eigenvalue weighted by atomic mass is 16.5. The summed E-state index contributed by atoms with van der Waals surface area (Å²) in [5.41, 5.74) is 0.453. The molecule has 1 aromatic carbocycles. The summed E-state index contributed by atoms with van der Waals surface area (Å²) < 4.78 is 10.3. The first-order valence-electron chi connectivity index (χ1n) is 6.23. The molecule has 0 bridgehead atoms. The molecule has 0 atom stereocenters. The van der Waals surface area contributed by atoms with Gasteiger partial charge in [0.25, 0.3) is 0 Å². The number of carbonyl (C=O) groups is 3. The van der Waals surface area contributed by atoms with Crippen molar-refractivity contribution in [3.05, 3.63) is 23.8 Å². The van der Waals surface area contributed by atoms with Crippen LogP contribution in [0.4, 0.5) is 4.79 Å². The number of nitrogens with zero attached hydrogens (tertiary/aromatic N) is 2. The van der Waals surface area contributed by atoms with E-state index in [9.17, 15) is 14.4 Å². The highest BCUT2D eigenvalue weighted by molar-refractivity contribution is 6.19. The number of ether oxygens (including phenoxy) is 2. The van der Waals surface area contributed by atoms with Gasteiger partial charge in [-0.1, -0.05) is 6.07 Å². The van der Waals surface area contributed by atoms with Gasteiger partial charge in [-0.15, -0.1) is 0 Å². The lowest BCUT2D eigenvalue weighted by molar-refractivity contribution is -0.143. The van der Waals surface area contributed by atoms with E-state index in [1.165, 1.54) is 28.3 Å². The van der Waals surface area contributed by atoms with Gasteiger partial charge in [-0.2, -0.15) is 0 Å². The molecule has 1 aromatic rings. The van der Waals surface area contributed by atoms with E-state index in [2.05, 4.69) is 0 Å². The van der Waals surface area contributed by atoms with Crippen LogP contribution in [0.3, 0.4) is 0 Å². The molecule has 4 amide bonds. The minimum Gasteiger partial charge on any atom is -0.493 e. The molecule has 1 fully saturated rings. The van der Waals surface area contributed by atoms with Crippen LogP contribution in [0.25, 0.3) is 0 Å². The molecule has 0 N–H and O–H groups in total. The Balaban J connectivity index is 2.47. The second kappa shape index (κ2) is 5.43. The molecule has 1 aliphatic heterocycles. The molecule has 0 saturated carbocycles. The van der Waals surface area contributed by atoms with Gasteiger partial charge >= 0.3 is 6.03 Å². The number of urea groups is 1. The molecule has 7 nitrogen and oxygen atoms in total. The zero-order chi connectivity index (χ0) is 15.7. The third-order valence-electron chi connectivity index (χ3n) is 3.47. The summed E-state index contributed by atoms with van der Waals surface area (Å²) in [7, 11) is 5.66. The van der Waals surface area contributed by atoms with Crippen LogP contribution in [0.2, 0.25) is 0 Å². The van der Waals surface area contributed by atoms with Crippen molar-refractivity contribution in [1.82, 2.24) is 9.80 Å². The van der Waals surface area contributed by atoms with E-state index in [0.717, 1.165) is 9.80 Å². The molecule has 0 unspecified atom stereocenters. The van der Waals surface area contributed by atoms with Crippen LogP contribution in [0.5, 0.6) is 11.5 Å². The summed E-state index contributed by atoms with van der Waals surface area (Å²) >= 11 is 0. The van der Waals surface area contributed by atoms with Gasteiger partial charge in [0.1, 0.15) is 5.92 Å². The molecule has 1 saturated heterocycles. The van der Waals surface area contributed by atoms with Crippen LogP contribution in [-0.4, -0.2) is 56.0 Å². The van der Waals surface area contributed by atoms with Gasteiger partial charge < -0.3 is 9.47 Å². The Kier molecular flexibility index (Phi) is 3.84. The monoisotopic (exact) mass is 292 g/mol. The van der Waals surface area contributed by atoms with Gasteiger partial charge in [0.15, 0.2) is 11.5 Å². The second-order valence-electron chi connectivity index (χ2n) is 4.62. The molecular weight excluding hydrogens is 276 g/mol. The Bertz CT molecular complexity index is 589. The van der Waals surface area contributed by atoms with E-state index < -0.39 is 23.8 Å². The van der Waals surface area contributed by atoms with Crippen molar-refractivity contribution in [2.45, 2.75) is 5.92 Å². The topological polar surface area (TPSA) is 76.2 Å². The fourth-order valence-electron chi connectivity index (χ4n) is 2.22. The van der Waals surface area contributed by atoms with Gasteiger partial charge in [-0.3, -0.25) is 19.4 Å². The lowest BCUT2D eigenvalue weighted by Gasteiger charge is -2.33. The Labute approximate surface area is 122 Å². The second-order valence-corrected chi connectivity index (χ2v) is 4.62. The van der Waals surface area contributed by atoms with E-state index in [0.29, 0.717) is 17.1 Å². The average molecular weight is 292 g/mol. The van der Waals surface area contributed by atoms with Crippen LogP contribution >= 0.6 is 0 Å². The van der Waals surface area contributed by atoms with Crippen LogP contribution in [-0.2, 0) is 9.59 Å². The first kappa shape index (κ1) is 14.8. The zero-order valence-corrected chi connectivity index (χ0v) is 12.2. The van der Waals surface area contributed by atoms with Gasteiger partial charge in [-0.05, 0) is 17.7 Å². The Morgan fingerprint density at radius 3 is 1.90 bits per heavy atom. The number of benzene rings is 1. The van der Waals surface area contributed by atoms with Crippen LogP contribution in [0, 0.1) is 0 Å². The molecule has 0 spiro atoms. The van der Waals surface area contributed by atoms with Crippen molar-refractivity contribution in [1.29, 1.82) is 0 Å². The molecule has 0 aromatic heterocycles. The van der Waals surface area contributed by atoms with Crippen molar-refractivity contribution >= 4 is 17.8 Å². The highest BCUT2D eigenvalue weighted by Gasteiger charge is 2.43. The van der Waals surface area contributed by atoms with E-state index in [1.807, 2.05) is 0 Å². The minimum absolute atomic E-state index is 0.415. The third-order valence-corrected chi connectivity index (χ3v) is 3.47. The van der Waals surface area contributed by atoms with E-state index in [-0.39, 0.29) is 0 Å². The maximum absolute atomic E-state index is 12.2. The van der Waals surface area contributed by atoms with Crippen LogP contribution in [0.15, 0.2) is 18.2 Å². The number of amides is 4. The van der Waals surface area contributed by atoms with Crippen molar-refractivity contribution in [2.75, 3.05) is 28.3 Å². The average Bonchev–Trinajstić information content (AvgIpc) is 2.51. The summed E-state index contributed by atoms with van der Waals surface area (Å²) in [6, 6.07) is 4.16. The quantitative estimate of drug-likeness (QED) is 0.772. The summed E-state index contributed by atoms with van der Waals surface area (Å²) in [6.45, 7) is 0. The number of carbonyl (C=O) groups excluding carboxylic acids is 3. The number of hydrogen-bond donors (Lipinski definition) is 0. The molecular formula is C14H16N2O5. The van der Waals surface area contributed by atoms with Gasteiger partial charge in [0.2, 0.25) is 11.8 Å². The standard InChI is InChI=1S/C14H16N2O5/c1-15-12(17)11(13(18)16(2)14(15)19)8-5-6-9(20-3)10(7-8)21-4/h5-7,11H,1-4H3. The number of rotatable bonds is 3. The summed E-state index contributed by atoms with van der Waals surface area (Å²) in [6.07, 6.45) is 0. The van der Waals surface area contributed by atoms with E-state index in [4.69, 9.17) is 9.47 Å². The zero-order valence-electron chi connectivity index (χ0n) is 12.2. The van der Waals surface area contributed by atoms with Crippen molar-refractivity contribution < 1.29 is 23.9 Å². The predicted molar refractivity (Wildman–Crippen MR) is 73.2 cm³/mol. The van der Waals surface area contributed by atoms with Gasteiger partial charge in [0, 0.05) is 14.1 Å². The lowest BCUT2D eigenvalue weighted by Crippen LogP contribution is -2.55. The molecule has 0 aliphatic carbocycles. The first-order chi connectivity index (χ1) is 9.92. The maximum Gasteiger partial charge on any atom is 0.332 e. The number of likely N-dealkylation sites (N-methyl/N-ethyl adjacent to an activating group) is 2. The summed E-state index contributed by atoms with van der Waals surface area (Å²) in [5.74, 6) is -1.27.